The fourth-order valence-electron chi connectivity index (χ4n) is 2.09. The van der Waals surface area contributed by atoms with Gasteiger partial charge in [-0.3, -0.25) is 4.79 Å². The number of esters is 1. The van der Waals surface area contributed by atoms with E-state index < -0.39 is 0 Å². The van der Waals surface area contributed by atoms with Crippen molar-refractivity contribution in [3.8, 4) is 0 Å². The molecule has 3 heteroatoms. The maximum Gasteiger partial charge on any atom is 0.310 e. The summed E-state index contributed by atoms with van der Waals surface area (Å²) < 4.78 is 5.37. The van der Waals surface area contributed by atoms with Crippen LogP contribution < -0.4 is 0 Å². The third-order valence-electron chi connectivity index (χ3n) is 3.43. The molecule has 0 aliphatic rings. The van der Waals surface area contributed by atoms with Crippen LogP contribution in [0.5, 0.6) is 0 Å². The van der Waals surface area contributed by atoms with Crippen LogP contribution in [0, 0.1) is 5.92 Å². The molecule has 20 heavy (non-hydrogen) atoms. The molecule has 1 rings (SSSR count). The molecule has 0 N–H and O–H groups in total. The van der Waals surface area contributed by atoms with Crippen LogP contribution in [-0.4, -0.2) is 30.5 Å². The van der Waals surface area contributed by atoms with Crippen molar-refractivity contribution in [1.82, 2.24) is 4.90 Å². The molecular weight excluding hydrogens is 250 g/mol. The first kappa shape index (κ1) is 16.7. The molecular formula is C17H27NO2. The number of carbonyl (C=O) groups excluding carboxylic acids is 1. The Morgan fingerprint density at radius 3 is 2.55 bits per heavy atom. The Bertz CT molecular complexity index is 378. The molecule has 0 spiro atoms. The maximum atomic E-state index is 12.0. The van der Waals surface area contributed by atoms with Crippen molar-refractivity contribution in [3.05, 3.63) is 35.9 Å². The number of carbonyl (C=O) groups is 1. The van der Waals surface area contributed by atoms with Gasteiger partial charge in [0.2, 0.25) is 0 Å². The number of rotatable bonds is 9. The summed E-state index contributed by atoms with van der Waals surface area (Å²) in [4.78, 5) is 14.3. The van der Waals surface area contributed by atoms with E-state index in [9.17, 15) is 4.79 Å². The summed E-state index contributed by atoms with van der Waals surface area (Å²) in [6.07, 6.45) is 2.36. The van der Waals surface area contributed by atoms with E-state index in [0.29, 0.717) is 6.61 Å². The van der Waals surface area contributed by atoms with Gasteiger partial charge in [0.25, 0.3) is 0 Å². The molecule has 0 aliphatic heterocycles. The second-order valence-corrected chi connectivity index (χ2v) is 5.24. The first-order valence-electron chi connectivity index (χ1n) is 7.60. The van der Waals surface area contributed by atoms with Crippen LogP contribution in [0.3, 0.4) is 0 Å². The molecule has 0 saturated carbocycles. The third kappa shape index (κ3) is 6.20. The predicted molar refractivity (Wildman–Crippen MR) is 82.4 cm³/mol. The zero-order valence-corrected chi connectivity index (χ0v) is 13.0. The zero-order chi connectivity index (χ0) is 14.8. The smallest absolute Gasteiger partial charge is 0.310 e. The summed E-state index contributed by atoms with van der Waals surface area (Å²) in [6, 6.07) is 9.81. The van der Waals surface area contributed by atoms with Crippen LogP contribution in [0.25, 0.3) is 0 Å². The topological polar surface area (TPSA) is 29.5 Å². The molecule has 0 radical (unpaired) electrons. The standard InChI is InChI=1S/C17H27NO2/c1-4-6-12-18(5-2)13-15(3)17(19)20-14-16-10-8-7-9-11-16/h7-11,15H,4-6,12-14H2,1-3H3. The lowest BCUT2D eigenvalue weighted by Crippen LogP contribution is -2.33. The molecule has 1 unspecified atom stereocenters. The number of hydrogen-bond acceptors (Lipinski definition) is 3. The van der Waals surface area contributed by atoms with E-state index in [0.717, 1.165) is 25.2 Å². The molecule has 3 nitrogen and oxygen atoms in total. The molecule has 0 aliphatic carbocycles. The van der Waals surface area contributed by atoms with Gasteiger partial charge >= 0.3 is 5.97 Å². The van der Waals surface area contributed by atoms with Crippen molar-refractivity contribution in [2.24, 2.45) is 5.92 Å². The van der Waals surface area contributed by atoms with E-state index >= 15 is 0 Å². The highest BCUT2D eigenvalue weighted by atomic mass is 16.5. The van der Waals surface area contributed by atoms with Crippen molar-refractivity contribution >= 4 is 5.97 Å². The summed E-state index contributed by atoms with van der Waals surface area (Å²) >= 11 is 0. The van der Waals surface area contributed by atoms with Crippen LogP contribution in [0.4, 0.5) is 0 Å². The molecule has 0 amide bonds. The molecule has 0 saturated heterocycles. The minimum atomic E-state index is -0.108. The van der Waals surface area contributed by atoms with Gasteiger partial charge in [-0.1, -0.05) is 57.5 Å². The fourth-order valence-corrected chi connectivity index (χ4v) is 2.09. The van der Waals surface area contributed by atoms with Crippen molar-refractivity contribution in [2.75, 3.05) is 19.6 Å². The van der Waals surface area contributed by atoms with Crippen molar-refractivity contribution in [2.45, 2.75) is 40.2 Å². The van der Waals surface area contributed by atoms with E-state index in [1.54, 1.807) is 0 Å². The van der Waals surface area contributed by atoms with Gasteiger partial charge in [0.1, 0.15) is 6.61 Å². The van der Waals surface area contributed by atoms with Gasteiger partial charge < -0.3 is 9.64 Å². The van der Waals surface area contributed by atoms with Crippen molar-refractivity contribution in [3.63, 3.8) is 0 Å². The van der Waals surface area contributed by atoms with Gasteiger partial charge in [-0.05, 0) is 25.1 Å². The molecule has 0 bridgehead atoms. The van der Waals surface area contributed by atoms with Crippen molar-refractivity contribution < 1.29 is 9.53 Å². The molecule has 1 aromatic rings. The highest BCUT2D eigenvalue weighted by molar-refractivity contribution is 5.72. The fraction of sp³-hybridized carbons (Fsp3) is 0.588. The minimum absolute atomic E-state index is 0.0736. The first-order chi connectivity index (χ1) is 9.67. The summed E-state index contributed by atoms with van der Waals surface area (Å²) in [5.74, 6) is -0.181. The summed E-state index contributed by atoms with van der Waals surface area (Å²) in [6.45, 7) is 9.46. The van der Waals surface area contributed by atoms with E-state index in [2.05, 4.69) is 18.7 Å². The normalized spacial score (nSPS) is 12.4. The third-order valence-corrected chi connectivity index (χ3v) is 3.43. The number of unbranched alkanes of at least 4 members (excludes halogenated alkanes) is 1. The highest BCUT2D eigenvalue weighted by Gasteiger charge is 2.17. The number of nitrogens with zero attached hydrogens (tertiary/aromatic N) is 1. The average molecular weight is 277 g/mol. The van der Waals surface area contributed by atoms with Gasteiger partial charge in [0, 0.05) is 6.54 Å². The predicted octanol–water partition coefficient (Wildman–Crippen LogP) is 3.49. The van der Waals surface area contributed by atoms with Crippen LogP contribution in [-0.2, 0) is 16.1 Å². The second kappa shape index (κ2) is 9.54. The lowest BCUT2D eigenvalue weighted by Gasteiger charge is -2.23. The molecule has 0 fully saturated rings. The van der Waals surface area contributed by atoms with Gasteiger partial charge in [-0.15, -0.1) is 0 Å². The van der Waals surface area contributed by atoms with E-state index in [-0.39, 0.29) is 11.9 Å². The lowest BCUT2D eigenvalue weighted by molar-refractivity contribution is -0.149. The Labute approximate surface area is 122 Å². The Kier molecular flexibility index (Phi) is 7.97. The summed E-state index contributed by atoms with van der Waals surface area (Å²) in [5, 5.41) is 0. The average Bonchev–Trinajstić information content (AvgIpc) is 2.49. The van der Waals surface area contributed by atoms with E-state index in [1.807, 2.05) is 37.3 Å². The highest BCUT2D eigenvalue weighted by Crippen LogP contribution is 2.07. The van der Waals surface area contributed by atoms with Gasteiger partial charge in [-0.25, -0.2) is 0 Å². The van der Waals surface area contributed by atoms with Gasteiger partial charge in [0.05, 0.1) is 5.92 Å². The molecule has 0 heterocycles. The van der Waals surface area contributed by atoms with E-state index in [4.69, 9.17) is 4.74 Å². The van der Waals surface area contributed by atoms with Crippen molar-refractivity contribution in [1.29, 1.82) is 0 Å². The second-order valence-electron chi connectivity index (χ2n) is 5.24. The van der Waals surface area contributed by atoms with Gasteiger partial charge in [0.15, 0.2) is 0 Å². The van der Waals surface area contributed by atoms with Crippen LogP contribution in [0.1, 0.15) is 39.2 Å². The summed E-state index contributed by atoms with van der Waals surface area (Å²) in [5.41, 5.74) is 1.03. The lowest BCUT2D eigenvalue weighted by atomic mass is 10.1. The van der Waals surface area contributed by atoms with E-state index in [1.165, 1.54) is 12.8 Å². The maximum absolute atomic E-state index is 12.0. The SMILES string of the molecule is CCCCN(CC)CC(C)C(=O)OCc1ccccc1. The summed E-state index contributed by atoms with van der Waals surface area (Å²) in [7, 11) is 0. The Balaban J connectivity index is 2.34. The monoisotopic (exact) mass is 277 g/mol. The quantitative estimate of drug-likeness (QED) is 0.647. The van der Waals surface area contributed by atoms with Gasteiger partial charge in [-0.2, -0.15) is 0 Å². The minimum Gasteiger partial charge on any atom is -0.461 e. The van der Waals surface area contributed by atoms with Crippen LogP contribution in [0.2, 0.25) is 0 Å². The number of benzene rings is 1. The molecule has 1 atom stereocenters. The number of hydrogen-bond donors (Lipinski definition) is 0. The largest absolute Gasteiger partial charge is 0.461 e. The molecule has 1 aromatic carbocycles. The van der Waals surface area contributed by atoms with Crippen LogP contribution in [0.15, 0.2) is 30.3 Å². The molecule has 0 aromatic heterocycles. The Hall–Kier alpha value is -1.35. The number of ether oxygens (including phenoxy) is 1. The first-order valence-corrected chi connectivity index (χ1v) is 7.60. The zero-order valence-electron chi connectivity index (χ0n) is 13.0. The van der Waals surface area contributed by atoms with Crippen LogP contribution >= 0.6 is 0 Å². The Morgan fingerprint density at radius 2 is 1.95 bits per heavy atom. The molecule has 112 valence electrons. The Morgan fingerprint density at radius 1 is 1.25 bits per heavy atom.